The zero-order valence-electron chi connectivity index (χ0n) is 19.0. The summed E-state index contributed by atoms with van der Waals surface area (Å²) < 4.78 is 15.7. The molecule has 0 radical (unpaired) electrons. The predicted molar refractivity (Wildman–Crippen MR) is 131 cm³/mol. The Bertz CT molecular complexity index is 1330. The molecule has 0 bridgehead atoms. The Morgan fingerprint density at radius 3 is 2.54 bits per heavy atom. The fraction of sp³-hybridized carbons (Fsp3) is 0.120. The van der Waals surface area contributed by atoms with Gasteiger partial charge in [-0.3, -0.25) is 9.59 Å². The lowest BCUT2D eigenvalue weighted by molar-refractivity contribution is -0.118. The maximum Gasteiger partial charge on any atom is 0.268 e. The molecule has 0 aliphatic carbocycles. The number of hydrogen-bond acceptors (Lipinski definition) is 8. The molecule has 178 valence electrons. The van der Waals surface area contributed by atoms with Crippen LogP contribution in [-0.4, -0.2) is 36.2 Å². The van der Waals surface area contributed by atoms with Crippen LogP contribution in [0.2, 0.25) is 0 Å². The lowest BCUT2D eigenvalue weighted by atomic mass is 10.1. The summed E-state index contributed by atoms with van der Waals surface area (Å²) in [5.41, 5.74) is 1.17. The van der Waals surface area contributed by atoms with Crippen molar-refractivity contribution in [3.8, 4) is 22.9 Å². The fourth-order valence-corrected chi connectivity index (χ4v) is 3.79. The van der Waals surface area contributed by atoms with Crippen LogP contribution in [0.1, 0.15) is 21.1 Å². The summed E-state index contributed by atoms with van der Waals surface area (Å²) in [5.74, 6) is 0.564. The summed E-state index contributed by atoms with van der Waals surface area (Å²) in [6.07, 6.45) is 1.60. The largest absolute Gasteiger partial charge is 0.493 e. The summed E-state index contributed by atoms with van der Waals surface area (Å²) in [7, 11) is 2.99. The van der Waals surface area contributed by atoms with Gasteiger partial charge in [-0.15, -0.1) is 11.3 Å². The predicted octanol–water partition coefficient (Wildman–Crippen LogP) is 3.90. The number of nitrogens with zero attached hydrogens (tertiary/aromatic N) is 2. The van der Waals surface area contributed by atoms with Crippen molar-refractivity contribution < 1.29 is 23.6 Å². The van der Waals surface area contributed by atoms with E-state index in [1.54, 1.807) is 24.3 Å². The van der Waals surface area contributed by atoms with E-state index in [9.17, 15) is 9.59 Å². The van der Waals surface area contributed by atoms with Gasteiger partial charge >= 0.3 is 0 Å². The molecule has 4 aromatic rings. The minimum atomic E-state index is -0.508. The second-order valence-electron chi connectivity index (χ2n) is 7.16. The van der Waals surface area contributed by atoms with Crippen molar-refractivity contribution in [1.29, 1.82) is 0 Å². The van der Waals surface area contributed by atoms with Crippen molar-refractivity contribution in [3.05, 3.63) is 88.1 Å². The first-order valence-electron chi connectivity index (χ1n) is 10.5. The average molecular weight is 491 g/mol. The average Bonchev–Trinajstić information content (AvgIpc) is 3.59. The van der Waals surface area contributed by atoms with Crippen molar-refractivity contribution in [2.75, 3.05) is 14.2 Å². The number of amides is 2. The molecule has 0 atom stereocenters. The molecule has 0 fully saturated rings. The molecule has 2 amide bonds. The number of aromatic nitrogens is 2. The number of carbonyl (C=O) groups is 2. The normalized spacial score (nSPS) is 11.1. The number of nitrogens with one attached hydrogen (secondary N) is 2. The first-order valence-corrected chi connectivity index (χ1v) is 11.4. The minimum absolute atomic E-state index is 0.00727. The minimum Gasteiger partial charge on any atom is -0.493 e. The highest BCUT2D eigenvalue weighted by Gasteiger charge is 2.18. The number of hydrogen-bond donors (Lipinski definition) is 2. The van der Waals surface area contributed by atoms with Crippen molar-refractivity contribution in [1.82, 2.24) is 20.8 Å². The van der Waals surface area contributed by atoms with Crippen molar-refractivity contribution in [2.45, 2.75) is 6.54 Å². The summed E-state index contributed by atoms with van der Waals surface area (Å²) in [6, 6.07) is 17.8. The Morgan fingerprint density at radius 1 is 1.03 bits per heavy atom. The molecule has 10 heteroatoms. The molecular formula is C25H22N4O5S. The molecule has 2 aromatic carbocycles. The van der Waals surface area contributed by atoms with E-state index in [1.807, 2.05) is 47.8 Å². The Hall–Kier alpha value is -4.44. The summed E-state index contributed by atoms with van der Waals surface area (Å²) >= 11 is 1.43. The van der Waals surface area contributed by atoms with Crippen LogP contribution in [0.15, 0.2) is 76.3 Å². The summed E-state index contributed by atoms with van der Waals surface area (Å²) in [5, 5.41) is 11.2. The van der Waals surface area contributed by atoms with E-state index in [0.717, 1.165) is 10.4 Å². The molecule has 0 unspecified atom stereocenters. The maximum atomic E-state index is 13.0. The molecule has 2 aromatic heterocycles. The highest BCUT2D eigenvalue weighted by molar-refractivity contribution is 7.10. The van der Waals surface area contributed by atoms with Gasteiger partial charge in [0.25, 0.3) is 11.8 Å². The van der Waals surface area contributed by atoms with Gasteiger partial charge in [-0.25, -0.2) is 0 Å². The quantitative estimate of drug-likeness (QED) is 0.342. The molecular weight excluding hydrogens is 468 g/mol. The van der Waals surface area contributed by atoms with Crippen LogP contribution in [0, 0.1) is 0 Å². The second-order valence-corrected chi connectivity index (χ2v) is 8.14. The van der Waals surface area contributed by atoms with E-state index in [2.05, 4.69) is 20.8 Å². The van der Waals surface area contributed by atoms with E-state index in [-0.39, 0.29) is 18.1 Å². The summed E-state index contributed by atoms with van der Waals surface area (Å²) in [4.78, 5) is 31.0. The van der Waals surface area contributed by atoms with Crippen LogP contribution in [0.4, 0.5) is 0 Å². The van der Waals surface area contributed by atoms with Crippen LogP contribution in [-0.2, 0) is 11.3 Å². The van der Waals surface area contributed by atoms with E-state index < -0.39 is 11.8 Å². The van der Waals surface area contributed by atoms with Crippen LogP contribution < -0.4 is 20.1 Å². The van der Waals surface area contributed by atoms with Crippen molar-refractivity contribution in [3.63, 3.8) is 0 Å². The number of methoxy groups -OCH3 is 2. The number of carbonyl (C=O) groups excluding carboxylic acids is 2. The van der Waals surface area contributed by atoms with Gasteiger partial charge in [0.2, 0.25) is 11.7 Å². The van der Waals surface area contributed by atoms with Gasteiger partial charge in [0, 0.05) is 16.0 Å². The van der Waals surface area contributed by atoms with Gasteiger partial charge < -0.3 is 24.6 Å². The summed E-state index contributed by atoms with van der Waals surface area (Å²) in [6.45, 7) is -0.00727. The van der Waals surface area contributed by atoms with E-state index >= 15 is 0 Å². The highest BCUT2D eigenvalue weighted by atomic mass is 32.1. The lowest BCUT2D eigenvalue weighted by Gasteiger charge is -2.12. The third-order valence-electron chi connectivity index (χ3n) is 4.87. The van der Waals surface area contributed by atoms with Crippen LogP contribution in [0.25, 0.3) is 17.5 Å². The standard InChI is InChI=1S/C25H22N4O5S/c1-32-20-11-10-17(13-21(20)33-2)24(30)27-19(14-18-9-6-12-35-18)25(31)26-15-22-28-23(29-34-22)16-7-4-3-5-8-16/h3-14H,15H2,1-2H3,(H,26,31)(H,27,30)/b19-14-. The topological polar surface area (TPSA) is 116 Å². The SMILES string of the molecule is COc1ccc(C(=O)N/C(=C\c2cccs2)C(=O)NCc2nc(-c3ccccc3)no2)cc1OC. The third-order valence-corrected chi connectivity index (χ3v) is 5.69. The lowest BCUT2D eigenvalue weighted by Crippen LogP contribution is -2.34. The Kier molecular flexibility index (Phi) is 7.53. The van der Waals surface area contributed by atoms with Gasteiger partial charge in [-0.05, 0) is 35.7 Å². The first kappa shape index (κ1) is 23.7. The molecule has 2 N–H and O–H groups in total. The van der Waals surface area contributed by atoms with Crippen LogP contribution >= 0.6 is 11.3 Å². The number of thiophene rings is 1. The monoisotopic (exact) mass is 490 g/mol. The van der Waals surface area contributed by atoms with Crippen LogP contribution in [0.3, 0.4) is 0 Å². The van der Waals surface area contributed by atoms with E-state index in [1.165, 1.54) is 25.6 Å². The number of rotatable bonds is 9. The number of benzene rings is 2. The van der Waals surface area contributed by atoms with Gasteiger partial charge in [-0.2, -0.15) is 4.98 Å². The van der Waals surface area contributed by atoms with Crippen LogP contribution in [0.5, 0.6) is 11.5 Å². The molecule has 4 rings (SSSR count). The fourth-order valence-electron chi connectivity index (χ4n) is 3.13. The molecule has 0 saturated heterocycles. The van der Waals surface area contributed by atoms with Gasteiger partial charge in [0.15, 0.2) is 11.5 Å². The highest BCUT2D eigenvalue weighted by Crippen LogP contribution is 2.27. The zero-order chi connectivity index (χ0) is 24.6. The Morgan fingerprint density at radius 2 is 1.83 bits per heavy atom. The van der Waals surface area contributed by atoms with Gasteiger partial charge in [0.05, 0.1) is 20.8 Å². The zero-order valence-corrected chi connectivity index (χ0v) is 19.8. The molecule has 0 aliphatic heterocycles. The third kappa shape index (κ3) is 5.92. The molecule has 0 aliphatic rings. The molecule has 2 heterocycles. The molecule has 35 heavy (non-hydrogen) atoms. The second kappa shape index (κ2) is 11.1. The molecule has 0 spiro atoms. The maximum absolute atomic E-state index is 13.0. The smallest absolute Gasteiger partial charge is 0.268 e. The van der Waals surface area contributed by atoms with E-state index in [0.29, 0.717) is 22.9 Å². The van der Waals surface area contributed by atoms with Gasteiger partial charge in [-0.1, -0.05) is 41.6 Å². The van der Waals surface area contributed by atoms with E-state index in [4.69, 9.17) is 14.0 Å². The number of ether oxygens (including phenoxy) is 2. The van der Waals surface area contributed by atoms with Crippen molar-refractivity contribution >= 4 is 29.2 Å². The Balaban J connectivity index is 1.48. The Labute approximate surface area is 205 Å². The van der Waals surface area contributed by atoms with Crippen molar-refractivity contribution in [2.24, 2.45) is 0 Å². The van der Waals surface area contributed by atoms with Gasteiger partial charge in [0.1, 0.15) is 5.70 Å². The first-order chi connectivity index (χ1) is 17.1. The molecule has 0 saturated carbocycles. The molecule has 9 nitrogen and oxygen atoms in total.